The number of hydrazone groups is 1. The first-order valence-corrected chi connectivity index (χ1v) is 16.8. The van der Waals surface area contributed by atoms with E-state index >= 15 is 0 Å². The Morgan fingerprint density at radius 1 is 1.11 bits per heavy atom. The van der Waals surface area contributed by atoms with E-state index in [1.54, 1.807) is 12.5 Å². The number of nitrogens with one attached hydrogen (secondary N) is 1. The summed E-state index contributed by atoms with van der Waals surface area (Å²) >= 11 is 0. The van der Waals surface area contributed by atoms with Gasteiger partial charge in [0.1, 0.15) is 5.69 Å². The minimum Gasteiger partial charge on any atom is -0.478 e. The molecule has 10 heteroatoms. The largest absolute Gasteiger partial charge is 0.478 e. The molecule has 4 aliphatic rings. The van der Waals surface area contributed by atoms with Gasteiger partial charge >= 0.3 is 11.7 Å². The Balaban J connectivity index is 1.37. The van der Waals surface area contributed by atoms with Crippen LogP contribution in [0, 0.1) is 65.6 Å². The highest BCUT2D eigenvalue weighted by molar-refractivity contribution is 5.92. The number of rotatable bonds is 9. The van der Waals surface area contributed by atoms with Crippen LogP contribution in [-0.4, -0.2) is 26.6 Å². The molecule has 250 valence electrons. The minimum absolute atomic E-state index is 0.110. The molecule has 0 amide bonds. The van der Waals surface area contributed by atoms with Gasteiger partial charge in [-0.05, 0) is 111 Å². The summed E-state index contributed by atoms with van der Waals surface area (Å²) in [6.07, 6.45) is 13.8. The summed E-state index contributed by atoms with van der Waals surface area (Å²) in [6, 6.07) is 3.59. The lowest BCUT2D eigenvalue weighted by molar-refractivity contribution is -0.393. The maximum Gasteiger partial charge on any atom is 0.330 e. The quantitative estimate of drug-likeness (QED) is 0.119. The van der Waals surface area contributed by atoms with Gasteiger partial charge in [0.2, 0.25) is 0 Å². The van der Waals surface area contributed by atoms with Gasteiger partial charge in [-0.15, -0.1) is 0 Å². The van der Waals surface area contributed by atoms with Crippen molar-refractivity contribution in [2.75, 3.05) is 5.43 Å². The molecule has 46 heavy (non-hydrogen) atoms. The number of fused-ring (bicyclic) bond motifs is 5. The molecule has 0 heterocycles. The Labute approximate surface area is 272 Å². The molecule has 3 unspecified atom stereocenters. The average molecular weight is 635 g/mol. The van der Waals surface area contributed by atoms with E-state index in [0.717, 1.165) is 43.9 Å². The second kappa shape index (κ2) is 11.9. The van der Waals surface area contributed by atoms with Crippen LogP contribution in [0.15, 0.2) is 46.6 Å². The number of non-ortho nitro benzene ring substituents is 1. The van der Waals surface area contributed by atoms with Crippen LogP contribution in [0.4, 0.5) is 17.1 Å². The zero-order chi connectivity index (χ0) is 33.8. The molecule has 3 fully saturated rings. The van der Waals surface area contributed by atoms with Crippen LogP contribution in [0.25, 0.3) is 0 Å². The fourth-order valence-corrected chi connectivity index (χ4v) is 10.5. The Bertz CT molecular complexity index is 1530. The number of benzene rings is 1. The molecule has 0 bridgehead atoms. The maximum atomic E-state index is 11.7. The smallest absolute Gasteiger partial charge is 0.330 e. The minimum atomic E-state index is -0.837. The molecule has 0 saturated heterocycles. The SMILES string of the molecule is C/C(=C/CCC(C)[C@@H]1CC[C@]2(C)C3=CCC4C(C)(C)/C(=N/Nc5ccc([N+](=O)[O-])cc5[N+](=O)[O-])CC[C@]4(C)C3CC[C@@]12C)C(=O)O. The van der Waals surface area contributed by atoms with Gasteiger partial charge in [0.25, 0.3) is 5.69 Å². The van der Waals surface area contributed by atoms with Gasteiger partial charge in [-0.2, -0.15) is 5.10 Å². The number of hydrogen-bond acceptors (Lipinski definition) is 7. The third-order valence-electron chi connectivity index (χ3n) is 13.5. The summed E-state index contributed by atoms with van der Waals surface area (Å²) in [6.45, 7) is 16.1. The summed E-state index contributed by atoms with van der Waals surface area (Å²) in [5, 5.41) is 36.8. The van der Waals surface area contributed by atoms with Crippen LogP contribution in [0.5, 0.6) is 0 Å². The summed E-state index contributed by atoms with van der Waals surface area (Å²) < 4.78 is 0. The molecular weight excluding hydrogens is 584 g/mol. The number of carboxylic acid groups (broad SMARTS) is 1. The van der Waals surface area contributed by atoms with Crippen LogP contribution >= 0.6 is 0 Å². The first-order valence-electron chi connectivity index (χ1n) is 16.8. The van der Waals surface area contributed by atoms with E-state index < -0.39 is 15.8 Å². The molecule has 0 spiro atoms. The van der Waals surface area contributed by atoms with Gasteiger partial charge in [-0.1, -0.05) is 59.3 Å². The number of nitro groups is 2. The maximum absolute atomic E-state index is 11.7. The third kappa shape index (κ3) is 5.35. The van der Waals surface area contributed by atoms with Crippen molar-refractivity contribution in [3.63, 3.8) is 0 Å². The standard InChI is InChI=1S/C36H50N4O6/c1-22(9-8-10-23(2)32(41)42)25-15-19-36(7)27-12-14-30-33(3,4)31(17-18-34(30,5)26(27)16-20-35(25,36)6)38-37-28-13-11-24(39(43)44)21-29(28)40(45)46/h10-13,21-22,25-26,30,37H,8-9,14-20H2,1-7H3,(H,41,42)/b23-10-,38-31+/t22?,25-,26?,30?,34+,35-,36+/m0/s1. The Kier molecular flexibility index (Phi) is 8.75. The number of nitro benzene ring substituents is 2. The molecule has 0 aliphatic heterocycles. The lowest BCUT2D eigenvalue weighted by atomic mass is 9.41. The number of allylic oxidation sites excluding steroid dienone is 3. The molecule has 3 saturated carbocycles. The van der Waals surface area contributed by atoms with Crippen LogP contribution in [-0.2, 0) is 4.79 Å². The van der Waals surface area contributed by atoms with Crippen molar-refractivity contribution in [2.45, 2.75) is 106 Å². The first kappa shape index (κ1) is 33.8. The number of anilines is 1. The summed E-state index contributed by atoms with van der Waals surface area (Å²) in [7, 11) is 0. The summed E-state index contributed by atoms with van der Waals surface area (Å²) in [5.74, 6) is 1.17. The zero-order valence-electron chi connectivity index (χ0n) is 28.4. The lowest BCUT2D eigenvalue weighted by Gasteiger charge is -2.63. The van der Waals surface area contributed by atoms with Crippen LogP contribution in [0.3, 0.4) is 0 Å². The Hall–Kier alpha value is -3.56. The molecule has 4 aliphatic carbocycles. The van der Waals surface area contributed by atoms with Crippen molar-refractivity contribution >= 4 is 28.7 Å². The second-order valence-electron chi connectivity index (χ2n) is 15.8. The normalized spacial score (nSPS) is 34.9. The van der Waals surface area contributed by atoms with E-state index in [1.165, 1.54) is 37.8 Å². The molecule has 7 atom stereocenters. The van der Waals surface area contributed by atoms with Gasteiger partial charge in [0.05, 0.1) is 15.9 Å². The average Bonchev–Trinajstić information content (AvgIpc) is 3.27. The monoisotopic (exact) mass is 634 g/mol. The number of aliphatic carboxylic acids is 1. The van der Waals surface area contributed by atoms with E-state index in [-0.39, 0.29) is 38.7 Å². The van der Waals surface area contributed by atoms with Crippen molar-refractivity contribution in [3.05, 3.63) is 61.7 Å². The highest BCUT2D eigenvalue weighted by Gasteiger charge is 2.65. The van der Waals surface area contributed by atoms with E-state index in [1.807, 2.05) is 6.08 Å². The van der Waals surface area contributed by atoms with Crippen LogP contribution in [0.2, 0.25) is 0 Å². The van der Waals surface area contributed by atoms with Crippen LogP contribution in [0.1, 0.15) is 106 Å². The predicted molar refractivity (Wildman–Crippen MR) is 180 cm³/mol. The molecule has 1 aromatic carbocycles. The highest BCUT2D eigenvalue weighted by Crippen LogP contribution is 2.73. The first-order chi connectivity index (χ1) is 21.5. The topological polar surface area (TPSA) is 148 Å². The Morgan fingerprint density at radius 3 is 2.48 bits per heavy atom. The predicted octanol–water partition coefficient (Wildman–Crippen LogP) is 9.32. The summed E-state index contributed by atoms with van der Waals surface area (Å²) in [4.78, 5) is 32.9. The van der Waals surface area contributed by atoms with E-state index in [4.69, 9.17) is 5.10 Å². The van der Waals surface area contributed by atoms with E-state index in [9.17, 15) is 30.1 Å². The van der Waals surface area contributed by atoms with Gasteiger partial charge < -0.3 is 5.11 Å². The van der Waals surface area contributed by atoms with Gasteiger partial charge in [0.15, 0.2) is 0 Å². The van der Waals surface area contributed by atoms with Crippen molar-refractivity contribution in [2.24, 2.45) is 50.4 Å². The number of hydrogen-bond donors (Lipinski definition) is 2. The molecule has 2 N–H and O–H groups in total. The molecule has 10 nitrogen and oxygen atoms in total. The highest BCUT2D eigenvalue weighted by atomic mass is 16.6. The zero-order valence-corrected chi connectivity index (χ0v) is 28.4. The van der Waals surface area contributed by atoms with Gasteiger partial charge in [-0.25, -0.2) is 4.79 Å². The number of carbonyl (C=O) groups is 1. The van der Waals surface area contributed by atoms with Crippen LogP contribution < -0.4 is 5.43 Å². The molecule has 1 aromatic rings. The summed E-state index contributed by atoms with van der Waals surface area (Å²) in [5.41, 5.74) is 5.66. The molecule has 0 radical (unpaired) electrons. The third-order valence-corrected chi connectivity index (χ3v) is 13.5. The molecule has 0 aromatic heterocycles. The fraction of sp³-hybridized carbons (Fsp3) is 0.667. The second-order valence-corrected chi connectivity index (χ2v) is 15.8. The van der Waals surface area contributed by atoms with Crippen molar-refractivity contribution < 1.29 is 19.7 Å². The van der Waals surface area contributed by atoms with E-state index in [0.29, 0.717) is 29.2 Å². The van der Waals surface area contributed by atoms with Crippen molar-refractivity contribution in [3.8, 4) is 0 Å². The van der Waals surface area contributed by atoms with Gasteiger partial charge in [-0.3, -0.25) is 25.7 Å². The lowest BCUT2D eigenvalue weighted by Crippen LogP contribution is -2.57. The van der Waals surface area contributed by atoms with Crippen molar-refractivity contribution in [1.29, 1.82) is 0 Å². The van der Waals surface area contributed by atoms with Gasteiger partial charge in [0, 0.05) is 22.8 Å². The molecular formula is C36H50N4O6. The Morgan fingerprint density at radius 2 is 1.83 bits per heavy atom. The fourth-order valence-electron chi connectivity index (χ4n) is 10.5. The van der Waals surface area contributed by atoms with E-state index in [2.05, 4.69) is 53.0 Å². The number of carboxylic acids is 1. The molecule has 5 rings (SSSR count). The number of nitrogens with zero attached hydrogens (tertiary/aromatic N) is 3. The van der Waals surface area contributed by atoms with Crippen molar-refractivity contribution in [1.82, 2.24) is 0 Å².